The number of nitrogens with zero attached hydrogens (tertiary/aromatic N) is 5. The molecule has 15 heteroatoms. The molecule has 3 aromatic carbocycles. The Kier molecular flexibility index (Phi) is 14.3. The molecular weight excluding hydrogens is 873 g/mol. The summed E-state index contributed by atoms with van der Waals surface area (Å²) in [6, 6.07) is 19.6. The Morgan fingerprint density at radius 2 is 1.77 bits per heavy atom. The number of amides is 4. The number of carbonyl (C=O) groups is 5. The molecule has 69 heavy (non-hydrogen) atoms. The van der Waals surface area contributed by atoms with Gasteiger partial charge in [-0.1, -0.05) is 77.1 Å². The maximum atomic E-state index is 14.8. The van der Waals surface area contributed by atoms with E-state index in [1.165, 1.54) is 27.4 Å². The molecule has 0 unspecified atom stereocenters. The Morgan fingerprint density at radius 3 is 2.49 bits per heavy atom. The first-order valence-electron chi connectivity index (χ1n) is 24.3. The smallest absolute Gasteiger partial charge is 0.324 e. The van der Waals surface area contributed by atoms with Crippen molar-refractivity contribution in [3.8, 4) is 28.1 Å². The van der Waals surface area contributed by atoms with Gasteiger partial charge in [0.2, 0.25) is 17.7 Å². The molecule has 2 fully saturated rings. The van der Waals surface area contributed by atoms with Gasteiger partial charge in [-0.3, -0.25) is 39.3 Å². The minimum absolute atomic E-state index is 0.00917. The molecule has 8 rings (SSSR count). The summed E-state index contributed by atoms with van der Waals surface area (Å²) in [5, 5.41) is 19.9. The fraction of sp³-hybridized carbons (Fsp3) is 0.444. The summed E-state index contributed by atoms with van der Waals surface area (Å²) in [5.74, 6) is -2.60. The van der Waals surface area contributed by atoms with Crippen molar-refractivity contribution < 1.29 is 33.8 Å². The van der Waals surface area contributed by atoms with Gasteiger partial charge in [-0.2, -0.15) is 0 Å². The lowest BCUT2D eigenvalue weighted by Crippen LogP contribution is -2.62. The van der Waals surface area contributed by atoms with E-state index in [0.29, 0.717) is 31.4 Å². The molecule has 0 radical (unpaired) electrons. The Morgan fingerprint density at radius 1 is 1.00 bits per heavy atom. The number of cyclic esters (lactones) is 1. The van der Waals surface area contributed by atoms with Gasteiger partial charge in [0, 0.05) is 67.9 Å². The monoisotopic (exact) mass is 939 g/mol. The molecule has 4 amide bonds. The van der Waals surface area contributed by atoms with Crippen molar-refractivity contribution in [2.24, 2.45) is 11.3 Å². The molecule has 2 saturated heterocycles. The van der Waals surface area contributed by atoms with Gasteiger partial charge in [-0.25, -0.2) is 5.43 Å². The molecule has 3 aliphatic rings. The third kappa shape index (κ3) is 10.4. The standard InChI is InChI=1S/C54H66N8O7/c1-9-34-20-21-55-29-41(34)49-40-28-54(5,6)31-69-53(68)42-17-14-22-62(58-42)51(66)43(25-33-23-37(26-38(63)24-33)36-18-19-44(39(40)27-36)61(49)10-2)56-50(65)48(32(3)4)60(8)45(64)30-59(7)52(67)47-46(57-47)35-15-12-11-13-16-35/h11-13,15-16,18-21,23-24,26-27,29,32,42-43,46-48,57-58,63H,9-10,14,17,22,25,28,30-31H2,1-8H3,(H,56,65)/t42-,43-,46-,47-,48-/m0/s1. The number of hydrazine groups is 1. The van der Waals surface area contributed by atoms with Crippen LogP contribution in [0.3, 0.4) is 0 Å². The van der Waals surface area contributed by atoms with Crippen molar-refractivity contribution in [2.75, 3.05) is 33.8 Å². The van der Waals surface area contributed by atoms with Gasteiger partial charge < -0.3 is 29.5 Å². The van der Waals surface area contributed by atoms with Crippen LogP contribution in [0.1, 0.15) is 82.7 Å². The normalized spacial score (nSPS) is 20.7. The van der Waals surface area contributed by atoms with E-state index < -0.39 is 53.3 Å². The van der Waals surface area contributed by atoms with E-state index in [2.05, 4.69) is 71.5 Å². The summed E-state index contributed by atoms with van der Waals surface area (Å²) in [7, 11) is 3.10. The number of hydrogen-bond donors (Lipinski definition) is 4. The van der Waals surface area contributed by atoms with Gasteiger partial charge >= 0.3 is 5.97 Å². The predicted octanol–water partition coefficient (Wildman–Crippen LogP) is 5.96. The van der Waals surface area contributed by atoms with Crippen LogP contribution in [-0.4, -0.2) is 117 Å². The number of phenols is 1. The summed E-state index contributed by atoms with van der Waals surface area (Å²) in [4.78, 5) is 77.8. The fourth-order valence-corrected chi connectivity index (χ4v) is 10.2. The van der Waals surface area contributed by atoms with E-state index in [1.807, 2.05) is 68.7 Å². The Hall–Kier alpha value is -6.58. The highest BCUT2D eigenvalue weighted by molar-refractivity contribution is 5.96. The maximum absolute atomic E-state index is 14.8. The number of rotatable bonds is 11. The fourth-order valence-electron chi connectivity index (χ4n) is 10.2. The second-order valence-electron chi connectivity index (χ2n) is 20.0. The zero-order valence-corrected chi connectivity index (χ0v) is 41.0. The van der Waals surface area contributed by atoms with E-state index in [0.717, 1.165) is 50.8 Å². The second-order valence-corrected chi connectivity index (χ2v) is 20.0. The number of esters is 1. The molecule has 6 bridgehead atoms. The van der Waals surface area contributed by atoms with Crippen LogP contribution in [0.5, 0.6) is 5.75 Å². The minimum atomic E-state index is -1.18. The van der Waals surface area contributed by atoms with Crippen LogP contribution in [0.25, 0.3) is 33.3 Å². The van der Waals surface area contributed by atoms with Gasteiger partial charge in [0.05, 0.1) is 24.9 Å². The third-order valence-corrected chi connectivity index (χ3v) is 13.9. The Bertz CT molecular complexity index is 2750. The highest BCUT2D eigenvalue weighted by Crippen LogP contribution is 2.41. The molecule has 0 spiro atoms. The quantitative estimate of drug-likeness (QED) is 0.0909. The lowest BCUT2D eigenvalue weighted by atomic mass is 9.84. The molecule has 4 N–H and O–H groups in total. The molecule has 364 valence electrons. The Labute approximate surface area is 404 Å². The molecule has 5 atom stereocenters. The van der Waals surface area contributed by atoms with Crippen LogP contribution in [0.2, 0.25) is 0 Å². The topological polar surface area (TPSA) is 188 Å². The van der Waals surface area contributed by atoms with Crippen molar-refractivity contribution in [1.82, 2.24) is 40.4 Å². The lowest BCUT2D eigenvalue weighted by molar-refractivity contribution is -0.155. The van der Waals surface area contributed by atoms with Crippen molar-refractivity contribution in [1.29, 1.82) is 0 Å². The zero-order chi connectivity index (χ0) is 49.3. The molecule has 15 nitrogen and oxygen atoms in total. The van der Waals surface area contributed by atoms with Crippen LogP contribution >= 0.6 is 0 Å². The second kappa shape index (κ2) is 20.2. The van der Waals surface area contributed by atoms with E-state index >= 15 is 0 Å². The number of aromatic hydroxyl groups is 1. The van der Waals surface area contributed by atoms with E-state index in [1.54, 1.807) is 19.2 Å². The van der Waals surface area contributed by atoms with E-state index in [4.69, 9.17) is 4.74 Å². The summed E-state index contributed by atoms with van der Waals surface area (Å²) >= 11 is 0. The highest BCUT2D eigenvalue weighted by atomic mass is 16.5. The predicted molar refractivity (Wildman–Crippen MR) is 264 cm³/mol. The molecule has 3 aliphatic heterocycles. The molecular formula is C54H66N8O7. The number of benzene rings is 3. The molecule has 2 aromatic heterocycles. The van der Waals surface area contributed by atoms with Gasteiger partial charge in [0.1, 0.15) is 29.9 Å². The summed E-state index contributed by atoms with van der Waals surface area (Å²) in [6.45, 7) is 12.9. The number of phenolic OH excluding ortho intramolecular Hbond substituents is 1. The number of fused-ring (bicyclic) bond motifs is 6. The number of carbonyl (C=O) groups excluding carboxylic acids is 5. The number of nitrogens with one attached hydrogen (secondary N) is 3. The van der Waals surface area contributed by atoms with Crippen LogP contribution in [0.15, 0.2) is 85.2 Å². The van der Waals surface area contributed by atoms with Crippen LogP contribution < -0.4 is 16.1 Å². The number of aromatic nitrogens is 2. The number of pyridine rings is 1. The number of ether oxygens (including phenoxy) is 1. The molecule has 0 aliphatic carbocycles. The molecule has 0 saturated carbocycles. The Balaban J connectivity index is 1.13. The first-order chi connectivity index (χ1) is 33.0. The minimum Gasteiger partial charge on any atom is -0.508 e. The highest BCUT2D eigenvalue weighted by Gasteiger charge is 2.45. The lowest BCUT2D eigenvalue weighted by Gasteiger charge is -2.37. The average molecular weight is 939 g/mol. The van der Waals surface area contributed by atoms with E-state index in [9.17, 15) is 29.1 Å². The summed E-state index contributed by atoms with van der Waals surface area (Å²) in [6.07, 6.45) is 6.08. The summed E-state index contributed by atoms with van der Waals surface area (Å²) in [5.41, 5.74) is 11.2. The number of hydrogen-bond acceptors (Lipinski definition) is 10. The van der Waals surface area contributed by atoms with Gasteiger partial charge in [-0.05, 0) is 102 Å². The largest absolute Gasteiger partial charge is 0.508 e. The van der Waals surface area contributed by atoms with E-state index in [-0.39, 0.29) is 49.7 Å². The number of aryl methyl sites for hydroxylation is 2. The maximum Gasteiger partial charge on any atom is 0.324 e. The first-order valence-corrected chi connectivity index (χ1v) is 24.3. The third-order valence-electron chi connectivity index (χ3n) is 13.9. The molecule has 5 aromatic rings. The van der Waals surface area contributed by atoms with Crippen molar-refractivity contribution in [3.05, 3.63) is 107 Å². The number of likely N-dealkylation sites (N-methyl/N-ethyl adjacent to an activating group) is 2. The van der Waals surface area contributed by atoms with Crippen molar-refractivity contribution >= 4 is 40.5 Å². The molecule has 5 heterocycles. The first kappa shape index (κ1) is 48.9. The van der Waals surface area contributed by atoms with Gasteiger partial charge in [0.25, 0.3) is 5.91 Å². The van der Waals surface area contributed by atoms with Crippen LogP contribution in [0.4, 0.5) is 0 Å². The van der Waals surface area contributed by atoms with Crippen LogP contribution in [0, 0.1) is 11.3 Å². The van der Waals surface area contributed by atoms with Crippen molar-refractivity contribution in [2.45, 2.75) is 110 Å². The SMILES string of the molecule is CCc1ccncc1-c1c2c3cc(ccc3n1CC)-c1cc(O)cc(c1)C[C@H](NC(=O)[C@H](C(C)C)N(C)C(=O)CN(C)C(=O)[C@H]1N[C@H]1c1ccccc1)C(=O)N1CCC[C@H](N1)C(=O)OCC(C)(C)C2. The van der Waals surface area contributed by atoms with Crippen LogP contribution in [-0.2, 0) is 54.5 Å². The van der Waals surface area contributed by atoms with Gasteiger partial charge in [-0.15, -0.1) is 0 Å². The summed E-state index contributed by atoms with van der Waals surface area (Å²) < 4.78 is 8.43. The van der Waals surface area contributed by atoms with Crippen molar-refractivity contribution in [3.63, 3.8) is 0 Å². The average Bonchev–Trinajstić information content (AvgIpc) is 4.09. The van der Waals surface area contributed by atoms with Gasteiger partial charge in [0.15, 0.2) is 0 Å². The zero-order valence-electron chi connectivity index (χ0n) is 41.0.